The van der Waals surface area contributed by atoms with Gasteiger partial charge in [0, 0.05) is 5.57 Å². The maximum absolute atomic E-state index is 11.9. The highest BCUT2D eigenvalue weighted by Crippen LogP contribution is 2.13. The molecule has 0 saturated heterocycles. The highest BCUT2D eigenvalue weighted by molar-refractivity contribution is 5.21. The molecule has 0 aliphatic heterocycles. The molecule has 0 aromatic heterocycles. The van der Waals surface area contributed by atoms with E-state index in [2.05, 4.69) is 6.58 Å². The van der Waals surface area contributed by atoms with E-state index in [-0.39, 0.29) is 5.57 Å². The van der Waals surface area contributed by atoms with Crippen LogP contribution < -0.4 is 0 Å². The van der Waals surface area contributed by atoms with Crippen LogP contribution in [0.1, 0.15) is 13.8 Å². The van der Waals surface area contributed by atoms with E-state index in [1.807, 2.05) is 0 Å². The lowest BCUT2D eigenvalue weighted by molar-refractivity contribution is 0.597. The van der Waals surface area contributed by atoms with E-state index in [4.69, 9.17) is 0 Å². The summed E-state index contributed by atoms with van der Waals surface area (Å²) >= 11 is 0. The van der Waals surface area contributed by atoms with Crippen molar-refractivity contribution < 1.29 is 8.78 Å². The van der Waals surface area contributed by atoms with Gasteiger partial charge in [0.1, 0.15) is 11.7 Å². The summed E-state index contributed by atoms with van der Waals surface area (Å²) in [5.41, 5.74) is -0.00926. The Labute approximate surface area is 47.5 Å². The van der Waals surface area contributed by atoms with Crippen molar-refractivity contribution >= 4 is 0 Å². The molecule has 0 rings (SSSR count). The molecule has 0 aromatic rings. The Morgan fingerprint density at radius 1 is 1.25 bits per heavy atom. The molecule has 2 heteroatoms. The minimum atomic E-state index is -0.704. The molecule has 0 radical (unpaired) electrons. The SMILES string of the molecule is C=C(F)C(C)=C(C)F. The van der Waals surface area contributed by atoms with Gasteiger partial charge in [-0.3, -0.25) is 0 Å². The summed E-state index contributed by atoms with van der Waals surface area (Å²) in [7, 11) is 0. The zero-order valence-corrected chi connectivity index (χ0v) is 4.96. The molecular formula is C6H8F2. The number of hydrogen-bond donors (Lipinski definition) is 0. The predicted octanol–water partition coefficient (Wildman–Crippen LogP) is 2.73. The third kappa shape index (κ3) is 1.87. The van der Waals surface area contributed by atoms with Crippen molar-refractivity contribution in [2.75, 3.05) is 0 Å². The van der Waals surface area contributed by atoms with Gasteiger partial charge in [-0.2, -0.15) is 0 Å². The molecule has 0 spiro atoms. The van der Waals surface area contributed by atoms with Crippen LogP contribution in [0.2, 0.25) is 0 Å². The fourth-order valence-electron chi connectivity index (χ4n) is 0.187. The van der Waals surface area contributed by atoms with Gasteiger partial charge >= 0.3 is 0 Å². The molecule has 0 aliphatic rings. The largest absolute Gasteiger partial charge is 0.212 e. The Bertz CT molecular complexity index is 129. The Morgan fingerprint density at radius 3 is 1.62 bits per heavy atom. The van der Waals surface area contributed by atoms with Crippen molar-refractivity contribution in [2.45, 2.75) is 13.8 Å². The molecule has 46 valence electrons. The summed E-state index contributed by atoms with van der Waals surface area (Å²) in [4.78, 5) is 0. The molecule has 0 heterocycles. The topological polar surface area (TPSA) is 0 Å². The van der Waals surface area contributed by atoms with Crippen LogP contribution in [-0.2, 0) is 0 Å². The van der Waals surface area contributed by atoms with Gasteiger partial charge in [-0.25, -0.2) is 8.78 Å². The van der Waals surface area contributed by atoms with E-state index in [9.17, 15) is 8.78 Å². The molecule has 0 bridgehead atoms. The quantitative estimate of drug-likeness (QED) is 0.464. The number of hydrogen-bond acceptors (Lipinski definition) is 0. The molecular weight excluding hydrogens is 110 g/mol. The van der Waals surface area contributed by atoms with Gasteiger partial charge in [-0.1, -0.05) is 6.58 Å². The van der Waals surface area contributed by atoms with Gasteiger partial charge in [0.05, 0.1) is 0 Å². The first-order chi connectivity index (χ1) is 3.55. The smallest absolute Gasteiger partial charge is 0.121 e. The number of halogens is 2. The van der Waals surface area contributed by atoms with Crippen LogP contribution in [0.5, 0.6) is 0 Å². The van der Waals surface area contributed by atoms with Gasteiger partial charge in [0.2, 0.25) is 0 Å². The first kappa shape index (κ1) is 7.34. The van der Waals surface area contributed by atoms with Crippen molar-refractivity contribution in [3.05, 3.63) is 23.8 Å². The van der Waals surface area contributed by atoms with Crippen molar-refractivity contribution in [3.63, 3.8) is 0 Å². The predicted molar refractivity (Wildman–Crippen MR) is 29.7 cm³/mol. The van der Waals surface area contributed by atoms with E-state index < -0.39 is 11.7 Å². The van der Waals surface area contributed by atoms with Crippen LogP contribution in [0, 0.1) is 0 Å². The van der Waals surface area contributed by atoms with E-state index >= 15 is 0 Å². The molecule has 0 atom stereocenters. The van der Waals surface area contributed by atoms with Gasteiger partial charge < -0.3 is 0 Å². The molecule has 8 heavy (non-hydrogen) atoms. The third-order valence-corrected chi connectivity index (χ3v) is 0.924. The van der Waals surface area contributed by atoms with Gasteiger partial charge in [-0.05, 0) is 13.8 Å². The highest BCUT2D eigenvalue weighted by atomic mass is 19.1. The summed E-state index contributed by atoms with van der Waals surface area (Å²) in [5.74, 6) is -1.22. The second-order valence-corrected chi connectivity index (χ2v) is 1.56. The van der Waals surface area contributed by atoms with Crippen LogP contribution in [-0.4, -0.2) is 0 Å². The molecule has 0 fully saturated rings. The summed E-state index contributed by atoms with van der Waals surface area (Å²) in [5, 5.41) is 0. The Morgan fingerprint density at radius 2 is 1.62 bits per heavy atom. The van der Waals surface area contributed by atoms with Crippen LogP contribution in [0.4, 0.5) is 8.78 Å². The Kier molecular flexibility index (Phi) is 2.38. The Balaban J connectivity index is 4.23. The second kappa shape index (κ2) is 2.60. The lowest BCUT2D eigenvalue weighted by Crippen LogP contribution is -1.75. The molecule has 0 nitrogen and oxygen atoms in total. The zero-order valence-electron chi connectivity index (χ0n) is 4.96. The van der Waals surface area contributed by atoms with Crippen LogP contribution in [0.25, 0.3) is 0 Å². The summed E-state index contributed by atoms with van der Waals surface area (Å²) in [6.45, 7) is 5.45. The molecule has 0 amide bonds. The maximum atomic E-state index is 11.9. The monoisotopic (exact) mass is 118 g/mol. The normalized spacial score (nSPS) is 13.0. The standard InChI is InChI=1S/C6H8F2/c1-4(5(2)7)6(3)8/h2H2,1,3H3. The summed E-state index contributed by atoms with van der Waals surface area (Å²) in [6, 6.07) is 0. The highest BCUT2D eigenvalue weighted by Gasteiger charge is 1.96. The fraction of sp³-hybridized carbons (Fsp3) is 0.333. The maximum Gasteiger partial charge on any atom is 0.121 e. The van der Waals surface area contributed by atoms with Crippen molar-refractivity contribution in [1.29, 1.82) is 0 Å². The van der Waals surface area contributed by atoms with Crippen LogP contribution in [0.3, 0.4) is 0 Å². The first-order valence-corrected chi connectivity index (χ1v) is 2.23. The van der Waals surface area contributed by atoms with Gasteiger partial charge in [0.25, 0.3) is 0 Å². The average Bonchev–Trinajstić information content (AvgIpc) is 1.64. The summed E-state index contributed by atoms with van der Waals surface area (Å²) in [6.07, 6.45) is 0. The first-order valence-electron chi connectivity index (χ1n) is 2.23. The zero-order chi connectivity index (χ0) is 6.73. The van der Waals surface area contributed by atoms with Crippen molar-refractivity contribution in [2.24, 2.45) is 0 Å². The van der Waals surface area contributed by atoms with E-state index in [1.54, 1.807) is 0 Å². The number of rotatable bonds is 1. The molecule has 0 saturated carbocycles. The van der Waals surface area contributed by atoms with Gasteiger partial charge in [-0.15, -0.1) is 0 Å². The third-order valence-electron chi connectivity index (χ3n) is 0.924. The molecule has 0 N–H and O–H groups in total. The van der Waals surface area contributed by atoms with E-state index in [1.165, 1.54) is 13.8 Å². The lowest BCUT2D eigenvalue weighted by Gasteiger charge is -1.91. The van der Waals surface area contributed by atoms with Crippen LogP contribution >= 0.6 is 0 Å². The van der Waals surface area contributed by atoms with Gasteiger partial charge in [0.15, 0.2) is 0 Å². The average molecular weight is 118 g/mol. The lowest BCUT2D eigenvalue weighted by atomic mass is 10.2. The summed E-state index contributed by atoms with van der Waals surface area (Å²) < 4.78 is 23.8. The van der Waals surface area contributed by atoms with Crippen LogP contribution in [0.15, 0.2) is 23.8 Å². The minimum absolute atomic E-state index is 0.00926. The molecule has 0 aromatic carbocycles. The molecule has 0 unspecified atom stereocenters. The minimum Gasteiger partial charge on any atom is -0.212 e. The number of allylic oxidation sites excluding steroid dienone is 3. The van der Waals surface area contributed by atoms with Crippen molar-refractivity contribution in [1.82, 2.24) is 0 Å². The second-order valence-electron chi connectivity index (χ2n) is 1.56. The fourth-order valence-corrected chi connectivity index (χ4v) is 0.187. The van der Waals surface area contributed by atoms with E-state index in [0.717, 1.165) is 0 Å². The Hall–Kier alpha value is -0.660. The molecule has 0 aliphatic carbocycles. The van der Waals surface area contributed by atoms with Crippen molar-refractivity contribution in [3.8, 4) is 0 Å². The van der Waals surface area contributed by atoms with E-state index in [0.29, 0.717) is 0 Å².